The monoisotopic (exact) mass is 607 g/mol. The molecule has 0 saturated heterocycles. The molecule has 0 atom stereocenters. The smallest absolute Gasteiger partial charge is 0.177 e. The van der Waals surface area contributed by atoms with E-state index >= 15 is 0 Å². The summed E-state index contributed by atoms with van der Waals surface area (Å²) in [5, 5.41) is 0. The number of benzene rings is 6. The van der Waals surface area contributed by atoms with Crippen LogP contribution in [0.25, 0.3) is 56.4 Å². The summed E-state index contributed by atoms with van der Waals surface area (Å²) in [5.41, 5.74) is 9.51. The molecule has 2 heterocycles. The molecule has 0 fully saturated rings. The second-order valence-electron chi connectivity index (χ2n) is 12.5. The fraction of sp³-hybridized carbons (Fsp3) is 0.0714. The second kappa shape index (κ2) is 10.5. The van der Waals surface area contributed by atoms with Gasteiger partial charge in [0.15, 0.2) is 40.5 Å². The lowest BCUT2D eigenvalue weighted by atomic mass is 9.82. The first-order chi connectivity index (χ1) is 23.0. The molecule has 0 unspecified atom stereocenters. The first-order valence-corrected chi connectivity index (χ1v) is 15.8. The summed E-state index contributed by atoms with van der Waals surface area (Å²) >= 11 is 0. The average Bonchev–Trinajstić information content (AvgIpc) is 3.35. The van der Waals surface area contributed by atoms with Gasteiger partial charge >= 0.3 is 0 Å². The molecule has 0 saturated carbocycles. The standard InChI is InChI=1S/C42H29N3O2/c1-42(2)33-21-10-9-19-31(33)32-24-36-37(25-34(32)42)47-38-30(20-12-22-35(38)46-36)28-17-11-18-29(23-28)41-44-39(26-13-5-3-6-14-26)43-40(45-41)27-15-7-4-8-16-27/h3-25H,1-2H3. The fourth-order valence-electron chi connectivity index (χ4n) is 6.79. The van der Waals surface area contributed by atoms with Crippen LogP contribution >= 0.6 is 0 Å². The maximum absolute atomic E-state index is 6.71. The Morgan fingerprint density at radius 2 is 0.957 bits per heavy atom. The van der Waals surface area contributed by atoms with E-state index in [1.165, 1.54) is 22.3 Å². The van der Waals surface area contributed by atoms with E-state index in [9.17, 15) is 0 Å². The van der Waals surface area contributed by atoms with Gasteiger partial charge < -0.3 is 9.47 Å². The Kier molecular flexibility index (Phi) is 6.09. The van der Waals surface area contributed by atoms with Crippen molar-refractivity contribution < 1.29 is 9.47 Å². The minimum Gasteiger partial charge on any atom is -0.449 e. The molecular formula is C42H29N3O2. The summed E-state index contributed by atoms with van der Waals surface area (Å²) in [5.74, 6) is 4.68. The van der Waals surface area contributed by atoms with Crippen LogP contribution in [0.15, 0.2) is 140 Å². The lowest BCUT2D eigenvalue weighted by Crippen LogP contribution is -2.15. The van der Waals surface area contributed by atoms with Gasteiger partial charge in [-0.15, -0.1) is 0 Å². The molecule has 47 heavy (non-hydrogen) atoms. The van der Waals surface area contributed by atoms with E-state index in [1.54, 1.807) is 0 Å². The van der Waals surface area contributed by atoms with E-state index in [4.69, 9.17) is 24.4 Å². The van der Waals surface area contributed by atoms with Crippen molar-refractivity contribution in [3.63, 3.8) is 0 Å². The molecule has 6 aromatic carbocycles. The number of ether oxygens (including phenoxy) is 2. The molecule has 1 aliphatic heterocycles. The lowest BCUT2D eigenvalue weighted by molar-refractivity contribution is 0.360. The van der Waals surface area contributed by atoms with Gasteiger partial charge in [-0.05, 0) is 52.1 Å². The van der Waals surface area contributed by atoms with E-state index in [0.29, 0.717) is 29.0 Å². The SMILES string of the molecule is CC1(C)c2ccccc2-c2cc3c(cc21)Oc1c(cccc1-c1cccc(-c2nc(-c4ccccc4)nc(-c4ccccc4)n2)c1)O3. The maximum Gasteiger partial charge on any atom is 0.177 e. The van der Waals surface area contributed by atoms with Crippen molar-refractivity contribution in [3.8, 4) is 79.4 Å². The summed E-state index contributed by atoms with van der Waals surface area (Å²) in [6.07, 6.45) is 0. The van der Waals surface area contributed by atoms with Crippen molar-refractivity contribution in [2.45, 2.75) is 19.3 Å². The number of hydrogen-bond acceptors (Lipinski definition) is 5. The van der Waals surface area contributed by atoms with Crippen molar-refractivity contribution in [1.82, 2.24) is 15.0 Å². The molecular weight excluding hydrogens is 578 g/mol. The molecule has 1 aliphatic carbocycles. The van der Waals surface area contributed by atoms with Gasteiger partial charge in [-0.25, -0.2) is 15.0 Å². The van der Waals surface area contributed by atoms with Crippen molar-refractivity contribution >= 4 is 0 Å². The van der Waals surface area contributed by atoms with Crippen molar-refractivity contribution in [2.75, 3.05) is 0 Å². The van der Waals surface area contributed by atoms with Crippen molar-refractivity contribution in [1.29, 1.82) is 0 Å². The summed E-state index contributed by atoms with van der Waals surface area (Å²) < 4.78 is 13.2. The minimum atomic E-state index is -0.139. The lowest BCUT2D eigenvalue weighted by Gasteiger charge is -2.26. The van der Waals surface area contributed by atoms with E-state index in [1.807, 2.05) is 84.9 Å². The molecule has 5 nitrogen and oxygen atoms in total. The van der Waals surface area contributed by atoms with E-state index in [-0.39, 0.29) is 5.41 Å². The third-order valence-corrected chi connectivity index (χ3v) is 9.19. The molecule has 0 N–H and O–H groups in total. The highest BCUT2D eigenvalue weighted by Crippen LogP contribution is 2.56. The van der Waals surface area contributed by atoms with E-state index in [0.717, 1.165) is 39.3 Å². The zero-order chi connectivity index (χ0) is 31.5. The van der Waals surface area contributed by atoms with Gasteiger partial charge in [-0.2, -0.15) is 0 Å². The van der Waals surface area contributed by atoms with Crippen LogP contribution < -0.4 is 9.47 Å². The van der Waals surface area contributed by atoms with Crippen LogP contribution in [0.3, 0.4) is 0 Å². The molecule has 0 spiro atoms. The number of para-hydroxylation sites is 1. The molecule has 9 rings (SSSR count). The van der Waals surface area contributed by atoms with Gasteiger partial charge in [-0.3, -0.25) is 0 Å². The van der Waals surface area contributed by atoms with E-state index < -0.39 is 0 Å². The summed E-state index contributed by atoms with van der Waals surface area (Å²) in [7, 11) is 0. The Balaban J connectivity index is 1.12. The Labute approximate surface area is 273 Å². The first kappa shape index (κ1) is 27.3. The molecule has 2 aliphatic rings. The van der Waals surface area contributed by atoms with Crippen LogP contribution in [0.4, 0.5) is 0 Å². The Morgan fingerprint density at radius 3 is 1.68 bits per heavy atom. The topological polar surface area (TPSA) is 57.1 Å². The van der Waals surface area contributed by atoms with E-state index in [2.05, 4.69) is 68.4 Å². The number of aromatic nitrogens is 3. The predicted octanol–water partition coefficient (Wildman–Crippen LogP) is 10.7. The minimum absolute atomic E-state index is 0.139. The second-order valence-corrected chi connectivity index (χ2v) is 12.5. The molecule has 224 valence electrons. The molecule has 1 aromatic heterocycles. The summed E-state index contributed by atoms with van der Waals surface area (Å²) in [6, 6.07) is 47.2. The number of hydrogen-bond donors (Lipinski definition) is 0. The van der Waals surface area contributed by atoms with Crippen LogP contribution in [-0.2, 0) is 5.41 Å². The molecule has 0 bridgehead atoms. The Morgan fingerprint density at radius 1 is 0.404 bits per heavy atom. The van der Waals surface area contributed by atoms with Crippen LogP contribution in [0.5, 0.6) is 23.0 Å². The van der Waals surface area contributed by atoms with Crippen molar-refractivity contribution in [3.05, 3.63) is 151 Å². The zero-order valence-electron chi connectivity index (χ0n) is 25.9. The van der Waals surface area contributed by atoms with Gasteiger partial charge in [0.2, 0.25) is 0 Å². The highest BCUT2D eigenvalue weighted by atomic mass is 16.6. The molecule has 7 aromatic rings. The highest BCUT2D eigenvalue weighted by molar-refractivity contribution is 5.85. The van der Waals surface area contributed by atoms with Gasteiger partial charge in [0.05, 0.1) is 0 Å². The highest BCUT2D eigenvalue weighted by Gasteiger charge is 2.37. The number of rotatable bonds is 4. The maximum atomic E-state index is 6.71. The third-order valence-electron chi connectivity index (χ3n) is 9.19. The fourth-order valence-corrected chi connectivity index (χ4v) is 6.79. The molecule has 0 amide bonds. The Bertz CT molecular complexity index is 2270. The van der Waals surface area contributed by atoms with Crippen LogP contribution in [0, 0.1) is 0 Å². The third kappa shape index (κ3) is 4.50. The van der Waals surface area contributed by atoms with Crippen LogP contribution in [-0.4, -0.2) is 15.0 Å². The largest absolute Gasteiger partial charge is 0.449 e. The number of fused-ring (bicyclic) bond motifs is 5. The predicted molar refractivity (Wildman–Crippen MR) is 186 cm³/mol. The quantitative estimate of drug-likeness (QED) is 0.199. The van der Waals surface area contributed by atoms with Gasteiger partial charge in [0.25, 0.3) is 0 Å². The molecule has 5 heteroatoms. The van der Waals surface area contributed by atoms with Crippen LogP contribution in [0.1, 0.15) is 25.0 Å². The Hall–Kier alpha value is -6.07. The summed E-state index contributed by atoms with van der Waals surface area (Å²) in [4.78, 5) is 14.7. The zero-order valence-corrected chi connectivity index (χ0v) is 25.9. The van der Waals surface area contributed by atoms with Gasteiger partial charge in [-0.1, -0.05) is 129 Å². The van der Waals surface area contributed by atoms with Gasteiger partial charge in [0, 0.05) is 27.7 Å². The van der Waals surface area contributed by atoms with Crippen molar-refractivity contribution in [2.24, 2.45) is 0 Å². The molecule has 0 radical (unpaired) electrons. The van der Waals surface area contributed by atoms with Crippen LogP contribution in [0.2, 0.25) is 0 Å². The average molecular weight is 608 g/mol. The normalized spacial score (nSPS) is 13.4. The number of nitrogens with zero attached hydrogens (tertiary/aromatic N) is 3. The summed E-state index contributed by atoms with van der Waals surface area (Å²) in [6.45, 7) is 4.54. The van der Waals surface area contributed by atoms with Gasteiger partial charge in [0.1, 0.15) is 0 Å². The first-order valence-electron chi connectivity index (χ1n) is 15.8.